The van der Waals surface area contributed by atoms with Crippen molar-refractivity contribution in [2.45, 2.75) is 39.1 Å². The fraction of sp³-hybridized carbons (Fsp3) is 0.500. The largest absolute Gasteiger partial charge is 0.488 e. The van der Waals surface area contributed by atoms with E-state index < -0.39 is 0 Å². The van der Waals surface area contributed by atoms with Gasteiger partial charge in [0.05, 0.1) is 24.5 Å². The highest BCUT2D eigenvalue weighted by Gasteiger charge is 2.25. The number of aromatic nitrogens is 2. The van der Waals surface area contributed by atoms with Crippen molar-refractivity contribution in [2.24, 2.45) is 0 Å². The minimum absolute atomic E-state index is 0.00145. The number of likely N-dealkylation sites (N-methyl/N-ethyl adjacent to an activating group) is 1. The van der Waals surface area contributed by atoms with E-state index in [-0.39, 0.29) is 12.1 Å². The van der Waals surface area contributed by atoms with Gasteiger partial charge in [-0.1, -0.05) is 18.2 Å². The topological polar surface area (TPSA) is 62.6 Å². The van der Waals surface area contributed by atoms with Gasteiger partial charge in [-0.15, -0.1) is 0 Å². The van der Waals surface area contributed by atoms with Crippen LogP contribution >= 0.6 is 0 Å². The van der Waals surface area contributed by atoms with E-state index in [4.69, 9.17) is 9.84 Å². The second-order valence-corrected chi connectivity index (χ2v) is 7.36. The Morgan fingerprint density at radius 2 is 2.22 bits per heavy atom. The molecular formula is C20H27N5O2. The van der Waals surface area contributed by atoms with E-state index in [0.717, 1.165) is 43.2 Å². The Balaban J connectivity index is 1.32. The standard InChI is InChI=1S/C20H27N5O2/c1-3-21-20(26)24-8-9-25-17(13-24)11-16(22-25)12-23(2)14-18-10-15-6-4-5-7-19(15)27-18/h4-7,11,18H,3,8-10,12-14H2,1-2H3,(H,21,26)/t18-/m1/s1. The van der Waals surface area contributed by atoms with Gasteiger partial charge >= 0.3 is 6.03 Å². The lowest BCUT2D eigenvalue weighted by atomic mass is 10.1. The average Bonchev–Trinajstić information content (AvgIpc) is 3.23. The molecule has 7 nitrogen and oxygen atoms in total. The molecule has 0 fully saturated rings. The molecule has 2 aliphatic rings. The first-order valence-corrected chi connectivity index (χ1v) is 9.64. The zero-order valence-corrected chi connectivity index (χ0v) is 16.0. The Kier molecular flexibility index (Phi) is 5.03. The number of urea groups is 1. The molecule has 1 aromatic carbocycles. The fourth-order valence-electron chi connectivity index (χ4n) is 3.88. The zero-order valence-electron chi connectivity index (χ0n) is 16.0. The summed E-state index contributed by atoms with van der Waals surface area (Å²) >= 11 is 0. The quantitative estimate of drug-likeness (QED) is 0.874. The average molecular weight is 369 g/mol. The maximum atomic E-state index is 12.0. The molecule has 27 heavy (non-hydrogen) atoms. The molecular weight excluding hydrogens is 342 g/mol. The number of carbonyl (C=O) groups excluding carboxylic acids is 1. The molecule has 1 atom stereocenters. The van der Waals surface area contributed by atoms with Crippen LogP contribution in [-0.4, -0.2) is 58.4 Å². The Bertz CT molecular complexity index is 793. The Labute approximate surface area is 159 Å². The van der Waals surface area contributed by atoms with E-state index in [2.05, 4.69) is 35.5 Å². The number of rotatable bonds is 5. The SMILES string of the molecule is CCNC(=O)N1CCn2nc(CN(C)C[C@H]3Cc4ccccc4O3)cc2C1. The number of hydrogen-bond acceptors (Lipinski definition) is 4. The molecule has 0 saturated carbocycles. The van der Waals surface area contributed by atoms with E-state index in [0.29, 0.717) is 19.6 Å². The van der Waals surface area contributed by atoms with Crippen molar-refractivity contribution >= 4 is 6.03 Å². The van der Waals surface area contributed by atoms with Gasteiger partial charge in [0.15, 0.2) is 0 Å². The maximum absolute atomic E-state index is 12.0. The van der Waals surface area contributed by atoms with Gasteiger partial charge < -0.3 is 15.0 Å². The highest BCUT2D eigenvalue weighted by molar-refractivity contribution is 5.74. The number of ether oxygens (including phenoxy) is 1. The molecule has 0 unspecified atom stereocenters. The molecule has 144 valence electrons. The lowest BCUT2D eigenvalue weighted by Gasteiger charge is -2.27. The van der Waals surface area contributed by atoms with Crippen molar-refractivity contribution in [3.63, 3.8) is 0 Å². The zero-order chi connectivity index (χ0) is 18.8. The number of hydrogen-bond donors (Lipinski definition) is 1. The normalized spacial score (nSPS) is 18.2. The number of nitrogens with one attached hydrogen (secondary N) is 1. The van der Waals surface area contributed by atoms with E-state index in [1.54, 1.807) is 0 Å². The van der Waals surface area contributed by atoms with Crippen LogP contribution in [0.4, 0.5) is 4.79 Å². The smallest absolute Gasteiger partial charge is 0.317 e. The third kappa shape index (κ3) is 3.93. The van der Waals surface area contributed by atoms with Crippen LogP contribution in [-0.2, 0) is 26.1 Å². The van der Waals surface area contributed by atoms with E-state index in [1.807, 2.05) is 28.6 Å². The summed E-state index contributed by atoms with van der Waals surface area (Å²) < 4.78 is 8.07. The van der Waals surface area contributed by atoms with Gasteiger partial charge in [0.25, 0.3) is 0 Å². The summed E-state index contributed by atoms with van der Waals surface area (Å²) in [7, 11) is 2.10. The van der Waals surface area contributed by atoms with Gasteiger partial charge in [-0.25, -0.2) is 4.79 Å². The first kappa shape index (κ1) is 17.9. The summed E-state index contributed by atoms with van der Waals surface area (Å²) in [6, 6.07) is 10.4. The van der Waals surface area contributed by atoms with Crippen molar-refractivity contribution in [2.75, 3.05) is 26.7 Å². The molecule has 4 rings (SSSR count). The molecule has 2 aliphatic heterocycles. The molecule has 2 amide bonds. The Morgan fingerprint density at radius 3 is 3.04 bits per heavy atom. The summed E-state index contributed by atoms with van der Waals surface area (Å²) in [5.74, 6) is 1.01. The number of benzene rings is 1. The van der Waals surface area contributed by atoms with E-state index in [1.165, 1.54) is 5.56 Å². The van der Waals surface area contributed by atoms with Crippen LogP contribution in [0.3, 0.4) is 0 Å². The number of fused-ring (bicyclic) bond motifs is 2. The molecule has 0 bridgehead atoms. The second-order valence-electron chi connectivity index (χ2n) is 7.36. The maximum Gasteiger partial charge on any atom is 0.317 e. The van der Waals surface area contributed by atoms with Crippen molar-refractivity contribution in [1.82, 2.24) is 24.9 Å². The highest BCUT2D eigenvalue weighted by atomic mass is 16.5. The minimum Gasteiger partial charge on any atom is -0.488 e. The molecule has 0 spiro atoms. The lowest BCUT2D eigenvalue weighted by molar-refractivity contribution is 0.164. The summed E-state index contributed by atoms with van der Waals surface area (Å²) in [5, 5.41) is 7.59. The van der Waals surface area contributed by atoms with Gasteiger partial charge in [0.2, 0.25) is 0 Å². The first-order valence-electron chi connectivity index (χ1n) is 9.64. The molecule has 3 heterocycles. The highest BCUT2D eigenvalue weighted by Crippen LogP contribution is 2.28. The van der Waals surface area contributed by atoms with Crippen LogP contribution in [0, 0.1) is 0 Å². The molecule has 0 aliphatic carbocycles. The summed E-state index contributed by atoms with van der Waals surface area (Å²) in [6.45, 7) is 6.29. The van der Waals surface area contributed by atoms with Crippen LogP contribution in [0.15, 0.2) is 30.3 Å². The molecule has 0 radical (unpaired) electrons. The van der Waals surface area contributed by atoms with E-state index in [9.17, 15) is 4.79 Å². The van der Waals surface area contributed by atoms with Crippen LogP contribution in [0.2, 0.25) is 0 Å². The Hall–Kier alpha value is -2.54. The summed E-state index contributed by atoms with van der Waals surface area (Å²) in [6.07, 6.45) is 1.15. The van der Waals surface area contributed by atoms with Crippen LogP contribution in [0.1, 0.15) is 23.9 Å². The van der Waals surface area contributed by atoms with Gasteiger partial charge in [-0.3, -0.25) is 9.58 Å². The number of carbonyl (C=O) groups is 1. The third-order valence-corrected chi connectivity index (χ3v) is 5.12. The molecule has 1 aromatic heterocycles. The van der Waals surface area contributed by atoms with Gasteiger partial charge in [0, 0.05) is 32.6 Å². The predicted molar refractivity (Wildman–Crippen MR) is 103 cm³/mol. The van der Waals surface area contributed by atoms with Crippen molar-refractivity contribution in [3.05, 3.63) is 47.3 Å². The monoisotopic (exact) mass is 369 g/mol. The molecule has 7 heteroatoms. The van der Waals surface area contributed by atoms with Crippen molar-refractivity contribution in [1.29, 1.82) is 0 Å². The fourth-order valence-corrected chi connectivity index (χ4v) is 3.88. The van der Waals surface area contributed by atoms with Crippen LogP contribution in [0.25, 0.3) is 0 Å². The van der Waals surface area contributed by atoms with Crippen molar-refractivity contribution < 1.29 is 9.53 Å². The predicted octanol–water partition coefficient (Wildman–Crippen LogP) is 1.86. The van der Waals surface area contributed by atoms with Crippen molar-refractivity contribution in [3.8, 4) is 5.75 Å². The van der Waals surface area contributed by atoms with Gasteiger partial charge in [-0.05, 0) is 31.7 Å². The third-order valence-electron chi connectivity index (χ3n) is 5.12. The first-order chi connectivity index (χ1) is 13.1. The van der Waals surface area contributed by atoms with Crippen LogP contribution in [0.5, 0.6) is 5.75 Å². The van der Waals surface area contributed by atoms with E-state index >= 15 is 0 Å². The summed E-state index contributed by atoms with van der Waals surface area (Å²) in [5.41, 5.74) is 3.43. The minimum atomic E-state index is 0.00145. The number of amides is 2. The van der Waals surface area contributed by atoms with Gasteiger partial charge in [0.1, 0.15) is 11.9 Å². The molecule has 2 aromatic rings. The number of para-hydroxylation sites is 1. The Morgan fingerprint density at radius 1 is 1.37 bits per heavy atom. The van der Waals surface area contributed by atoms with Crippen LogP contribution < -0.4 is 10.1 Å². The summed E-state index contributed by atoms with van der Waals surface area (Å²) in [4.78, 5) is 16.1. The number of nitrogens with zero attached hydrogens (tertiary/aromatic N) is 4. The lowest BCUT2D eigenvalue weighted by Crippen LogP contribution is -2.44. The molecule has 0 saturated heterocycles. The second kappa shape index (κ2) is 7.60. The van der Waals surface area contributed by atoms with Gasteiger partial charge in [-0.2, -0.15) is 5.10 Å². The molecule has 1 N–H and O–H groups in total.